The number of carbonyl (C=O) groups excluding carboxylic acids is 4. The highest BCUT2D eigenvalue weighted by atomic mass is 16.5. The Balaban J connectivity index is 1.56. The Morgan fingerprint density at radius 2 is 2.03 bits per heavy atom. The molecule has 1 saturated carbocycles. The lowest BCUT2D eigenvalue weighted by molar-refractivity contribution is -0.137. The average Bonchev–Trinajstić information content (AvgIpc) is 2.99. The lowest BCUT2D eigenvalue weighted by Gasteiger charge is -2.37. The number of ether oxygens (including phenoxy) is 1. The van der Waals surface area contributed by atoms with Crippen molar-refractivity contribution in [3.05, 3.63) is 24.3 Å². The van der Waals surface area contributed by atoms with Gasteiger partial charge in [-0.2, -0.15) is 0 Å². The van der Waals surface area contributed by atoms with Crippen LogP contribution in [0.2, 0.25) is 0 Å². The van der Waals surface area contributed by atoms with E-state index in [0.717, 1.165) is 24.2 Å². The summed E-state index contributed by atoms with van der Waals surface area (Å²) in [6.07, 6.45) is 2.46. The number of anilines is 1. The highest BCUT2D eigenvalue weighted by molar-refractivity contribution is 6.11. The molecule has 3 aliphatic rings. The van der Waals surface area contributed by atoms with Gasteiger partial charge in [-0.15, -0.1) is 0 Å². The van der Waals surface area contributed by atoms with Crippen molar-refractivity contribution in [1.29, 1.82) is 0 Å². The molecule has 1 aromatic rings. The van der Waals surface area contributed by atoms with Crippen molar-refractivity contribution in [3.63, 3.8) is 0 Å². The van der Waals surface area contributed by atoms with Crippen LogP contribution in [-0.4, -0.2) is 60.4 Å². The minimum absolute atomic E-state index is 0.000709. The molecule has 5 amide bonds. The molecule has 1 aliphatic carbocycles. The standard InChI is InChI=1S/C21H26N4O5/c1-13-7-5-6-10-21(13)19(28)25(20(29)23-21)12-17(26)24-11-16(18(27)22-2)30-15-9-4-3-8-14(15)24/h3-4,8-9,13,16H,5-7,10-12H2,1-2H3,(H,22,27)(H,23,29)/t13-,16-,21+/m1/s1. The van der Waals surface area contributed by atoms with Gasteiger partial charge in [0.05, 0.1) is 12.2 Å². The molecule has 2 N–H and O–H groups in total. The first-order chi connectivity index (χ1) is 14.4. The molecule has 0 unspecified atom stereocenters. The second-order valence-electron chi connectivity index (χ2n) is 8.13. The minimum Gasteiger partial charge on any atom is -0.477 e. The van der Waals surface area contributed by atoms with Crippen LogP contribution >= 0.6 is 0 Å². The zero-order chi connectivity index (χ0) is 21.5. The second kappa shape index (κ2) is 7.62. The Morgan fingerprint density at radius 1 is 1.27 bits per heavy atom. The third-order valence-corrected chi connectivity index (χ3v) is 6.41. The molecule has 1 saturated heterocycles. The zero-order valence-corrected chi connectivity index (χ0v) is 17.1. The van der Waals surface area contributed by atoms with Crippen molar-refractivity contribution < 1.29 is 23.9 Å². The first-order valence-electron chi connectivity index (χ1n) is 10.3. The van der Waals surface area contributed by atoms with Crippen molar-refractivity contribution >= 4 is 29.4 Å². The Bertz CT molecular complexity index is 903. The summed E-state index contributed by atoms with van der Waals surface area (Å²) in [5.41, 5.74) is -0.404. The summed E-state index contributed by atoms with van der Waals surface area (Å²) < 4.78 is 5.72. The predicted molar refractivity (Wildman–Crippen MR) is 108 cm³/mol. The Morgan fingerprint density at radius 3 is 2.77 bits per heavy atom. The lowest BCUT2D eigenvalue weighted by atomic mass is 9.73. The number of nitrogens with zero attached hydrogens (tertiary/aromatic N) is 2. The van der Waals surface area contributed by atoms with Crippen molar-refractivity contribution in [2.45, 2.75) is 44.2 Å². The average molecular weight is 414 g/mol. The van der Waals surface area contributed by atoms with Crippen molar-refractivity contribution in [2.75, 3.05) is 25.0 Å². The van der Waals surface area contributed by atoms with E-state index in [1.165, 1.54) is 11.9 Å². The zero-order valence-electron chi connectivity index (χ0n) is 17.1. The fourth-order valence-electron chi connectivity index (χ4n) is 4.63. The normalized spacial score (nSPS) is 28.1. The van der Waals surface area contributed by atoms with Gasteiger partial charge in [-0.1, -0.05) is 31.9 Å². The number of amides is 5. The van der Waals surface area contributed by atoms with E-state index < -0.39 is 23.6 Å². The number of fused-ring (bicyclic) bond motifs is 1. The van der Waals surface area contributed by atoms with E-state index in [1.807, 2.05) is 6.92 Å². The number of carbonyl (C=O) groups is 4. The Hall–Kier alpha value is -3.10. The van der Waals surface area contributed by atoms with Crippen molar-refractivity contribution in [3.8, 4) is 5.75 Å². The van der Waals surface area contributed by atoms with Crippen molar-refractivity contribution in [1.82, 2.24) is 15.5 Å². The maximum Gasteiger partial charge on any atom is 0.325 e. The quantitative estimate of drug-likeness (QED) is 0.718. The molecule has 1 spiro atoms. The van der Waals surface area contributed by atoms with Crippen LogP contribution in [-0.2, 0) is 14.4 Å². The number of urea groups is 1. The van der Waals surface area contributed by atoms with Crippen LogP contribution in [0.3, 0.4) is 0 Å². The van der Waals surface area contributed by atoms with Crippen LogP contribution < -0.4 is 20.3 Å². The topological polar surface area (TPSA) is 108 Å². The molecule has 9 heteroatoms. The molecule has 30 heavy (non-hydrogen) atoms. The molecular weight excluding hydrogens is 388 g/mol. The summed E-state index contributed by atoms with van der Waals surface area (Å²) in [6, 6.07) is 6.36. The third kappa shape index (κ3) is 3.18. The largest absolute Gasteiger partial charge is 0.477 e. The molecular formula is C21H26N4O5. The van der Waals surface area contributed by atoms with E-state index in [4.69, 9.17) is 4.74 Å². The van der Waals surface area contributed by atoms with Gasteiger partial charge in [0.1, 0.15) is 17.8 Å². The summed E-state index contributed by atoms with van der Waals surface area (Å²) >= 11 is 0. The van der Waals surface area contributed by atoms with Gasteiger partial charge in [0.2, 0.25) is 5.91 Å². The van der Waals surface area contributed by atoms with Crippen LogP contribution in [0.1, 0.15) is 32.6 Å². The fraction of sp³-hybridized carbons (Fsp3) is 0.524. The van der Waals surface area contributed by atoms with Gasteiger partial charge in [-0.05, 0) is 30.9 Å². The van der Waals surface area contributed by atoms with Crippen LogP contribution in [0.25, 0.3) is 0 Å². The first kappa shape index (κ1) is 20.2. The number of hydrogen-bond acceptors (Lipinski definition) is 5. The summed E-state index contributed by atoms with van der Waals surface area (Å²) in [7, 11) is 1.50. The van der Waals surface area contributed by atoms with E-state index in [2.05, 4.69) is 10.6 Å². The maximum absolute atomic E-state index is 13.2. The van der Waals surface area contributed by atoms with E-state index in [1.54, 1.807) is 24.3 Å². The molecule has 2 fully saturated rings. The summed E-state index contributed by atoms with van der Waals surface area (Å²) in [5.74, 6) is -0.710. The van der Waals surface area contributed by atoms with Gasteiger partial charge < -0.3 is 20.3 Å². The third-order valence-electron chi connectivity index (χ3n) is 6.41. The molecule has 0 aromatic heterocycles. The summed E-state index contributed by atoms with van der Waals surface area (Å²) in [5, 5.41) is 5.39. The number of para-hydroxylation sites is 2. The highest BCUT2D eigenvalue weighted by Gasteiger charge is 2.55. The van der Waals surface area contributed by atoms with E-state index >= 15 is 0 Å². The van der Waals surface area contributed by atoms with Gasteiger partial charge in [0.25, 0.3) is 11.8 Å². The monoisotopic (exact) mass is 414 g/mol. The number of hydrogen-bond donors (Lipinski definition) is 2. The maximum atomic E-state index is 13.2. The molecule has 4 rings (SSSR count). The molecule has 2 heterocycles. The number of nitrogens with one attached hydrogen (secondary N) is 2. The van der Waals surface area contributed by atoms with Crippen LogP contribution in [0.4, 0.5) is 10.5 Å². The van der Waals surface area contributed by atoms with E-state index in [-0.39, 0.29) is 30.8 Å². The summed E-state index contributed by atoms with van der Waals surface area (Å²) in [4.78, 5) is 53.5. The Labute approximate surface area is 174 Å². The second-order valence-corrected chi connectivity index (χ2v) is 8.13. The molecule has 160 valence electrons. The molecule has 9 nitrogen and oxygen atoms in total. The summed E-state index contributed by atoms with van der Waals surface area (Å²) in [6.45, 7) is 1.59. The molecule has 3 atom stereocenters. The molecule has 0 radical (unpaired) electrons. The smallest absolute Gasteiger partial charge is 0.325 e. The fourth-order valence-corrected chi connectivity index (χ4v) is 4.63. The van der Waals surface area contributed by atoms with Gasteiger partial charge in [0, 0.05) is 7.05 Å². The van der Waals surface area contributed by atoms with Gasteiger partial charge >= 0.3 is 6.03 Å². The van der Waals surface area contributed by atoms with Crippen LogP contribution in [0, 0.1) is 5.92 Å². The number of benzene rings is 1. The molecule has 2 aliphatic heterocycles. The van der Waals surface area contributed by atoms with Gasteiger partial charge in [0.15, 0.2) is 6.10 Å². The van der Waals surface area contributed by atoms with E-state index in [0.29, 0.717) is 17.9 Å². The first-order valence-corrected chi connectivity index (χ1v) is 10.3. The van der Waals surface area contributed by atoms with Crippen LogP contribution in [0.15, 0.2) is 24.3 Å². The van der Waals surface area contributed by atoms with Gasteiger partial charge in [-0.25, -0.2) is 4.79 Å². The Kier molecular flexibility index (Phi) is 5.13. The SMILES string of the molecule is CNC(=O)[C@H]1CN(C(=O)CN2C(=O)N[C@]3(CCCC[C@H]3C)C2=O)c2ccccc2O1. The van der Waals surface area contributed by atoms with Gasteiger partial charge in [-0.3, -0.25) is 19.3 Å². The predicted octanol–water partition coefficient (Wildman–Crippen LogP) is 1.03. The number of imide groups is 1. The molecule has 0 bridgehead atoms. The lowest BCUT2D eigenvalue weighted by Crippen LogP contribution is -2.55. The molecule has 1 aromatic carbocycles. The van der Waals surface area contributed by atoms with Crippen LogP contribution in [0.5, 0.6) is 5.75 Å². The minimum atomic E-state index is -0.914. The van der Waals surface area contributed by atoms with Crippen molar-refractivity contribution in [2.24, 2.45) is 5.92 Å². The van der Waals surface area contributed by atoms with E-state index in [9.17, 15) is 19.2 Å². The number of rotatable bonds is 3. The highest BCUT2D eigenvalue weighted by Crippen LogP contribution is 2.38. The number of likely N-dealkylation sites (N-methyl/N-ethyl adjacent to an activating group) is 1.